The molecule has 0 N–H and O–H groups in total. The summed E-state index contributed by atoms with van der Waals surface area (Å²) >= 11 is 1.36. The highest BCUT2D eigenvalue weighted by Gasteiger charge is 2.10. The van der Waals surface area contributed by atoms with Gasteiger partial charge in [-0.15, -0.1) is 10.2 Å². The monoisotopic (exact) mass is 392 g/mol. The molecule has 3 aromatic rings. The van der Waals surface area contributed by atoms with Gasteiger partial charge in [-0.25, -0.2) is 0 Å². The van der Waals surface area contributed by atoms with E-state index in [-0.39, 0.29) is 12.4 Å². The van der Waals surface area contributed by atoms with Crippen molar-refractivity contribution in [3.8, 4) is 11.5 Å². The van der Waals surface area contributed by atoms with Crippen LogP contribution in [-0.4, -0.2) is 16.8 Å². The zero-order valence-corrected chi connectivity index (χ0v) is 15.6. The van der Waals surface area contributed by atoms with Gasteiger partial charge in [-0.05, 0) is 48.7 Å². The SMILES string of the molecule is Cc1ccc(C)c(OCc2nnc(SCc3ccc(OC(F)F)cc3)o2)c1. The van der Waals surface area contributed by atoms with Crippen molar-refractivity contribution >= 4 is 11.8 Å². The minimum atomic E-state index is -2.83. The molecule has 0 spiro atoms. The van der Waals surface area contributed by atoms with Crippen molar-refractivity contribution in [1.82, 2.24) is 10.2 Å². The first-order valence-corrected chi connectivity index (χ1v) is 9.17. The van der Waals surface area contributed by atoms with Crippen molar-refractivity contribution < 1.29 is 22.7 Å². The fraction of sp³-hybridized carbons (Fsp3) is 0.263. The first kappa shape index (κ1) is 19.2. The lowest BCUT2D eigenvalue weighted by molar-refractivity contribution is -0.0498. The Hall–Kier alpha value is -2.61. The van der Waals surface area contributed by atoms with Crippen LogP contribution >= 0.6 is 11.8 Å². The molecule has 8 heteroatoms. The van der Waals surface area contributed by atoms with Gasteiger partial charge < -0.3 is 13.9 Å². The van der Waals surface area contributed by atoms with Gasteiger partial charge in [-0.1, -0.05) is 36.0 Å². The van der Waals surface area contributed by atoms with E-state index >= 15 is 0 Å². The van der Waals surface area contributed by atoms with Gasteiger partial charge in [0.05, 0.1) is 0 Å². The van der Waals surface area contributed by atoms with Crippen LogP contribution in [0.2, 0.25) is 0 Å². The Morgan fingerprint density at radius 2 is 1.85 bits per heavy atom. The van der Waals surface area contributed by atoms with E-state index in [0.29, 0.717) is 16.9 Å². The molecule has 0 aliphatic carbocycles. The topological polar surface area (TPSA) is 57.4 Å². The summed E-state index contributed by atoms with van der Waals surface area (Å²) in [6.07, 6.45) is 0. The second kappa shape index (κ2) is 8.85. The van der Waals surface area contributed by atoms with Crippen LogP contribution in [0.5, 0.6) is 11.5 Å². The van der Waals surface area contributed by atoms with Crippen LogP contribution in [0, 0.1) is 13.8 Å². The molecule has 0 aliphatic heterocycles. The smallest absolute Gasteiger partial charge is 0.387 e. The van der Waals surface area contributed by atoms with E-state index in [9.17, 15) is 8.78 Å². The van der Waals surface area contributed by atoms with Gasteiger partial charge >= 0.3 is 6.61 Å². The predicted molar refractivity (Wildman–Crippen MR) is 97.2 cm³/mol. The standard InChI is InChI=1S/C19H18F2N2O3S/c1-12-3-4-13(2)16(9-12)24-10-17-22-23-19(26-17)27-11-14-5-7-15(8-6-14)25-18(20)21/h3-9,18H,10-11H2,1-2H3. The highest BCUT2D eigenvalue weighted by molar-refractivity contribution is 7.98. The largest absolute Gasteiger partial charge is 0.484 e. The minimum absolute atomic E-state index is 0.127. The molecule has 27 heavy (non-hydrogen) atoms. The number of hydrogen-bond donors (Lipinski definition) is 0. The lowest BCUT2D eigenvalue weighted by atomic mass is 10.1. The fourth-order valence-electron chi connectivity index (χ4n) is 2.27. The van der Waals surface area contributed by atoms with E-state index in [1.54, 1.807) is 12.1 Å². The molecule has 3 rings (SSSR count). The Bertz CT molecular complexity index is 885. The number of aryl methyl sites for hydroxylation is 2. The Morgan fingerprint density at radius 1 is 1.07 bits per heavy atom. The highest BCUT2D eigenvalue weighted by Crippen LogP contribution is 2.24. The second-order valence-electron chi connectivity index (χ2n) is 5.83. The van der Waals surface area contributed by atoms with Crippen LogP contribution < -0.4 is 9.47 Å². The number of rotatable bonds is 8. The Labute approximate surface area is 159 Å². The third-order valence-electron chi connectivity index (χ3n) is 3.65. The van der Waals surface area contributed by atoms with Crippen LogP contribution in [0.1, 0.15) is 22.6 Å². The maximum atomic E-state index is 12.1. The molecule has 0 radical (unpaired) electrons. The van der Waals surface area contributed by atoms with E-state index in [1.165, 1.54) is 23.9 Å². The van der Waals surface area contributed by atoms with E-state index in [4.69, 9.17) is 9.15 Å². The number of alkyl halides is 2. The summed E-state index contributed by atoms with van der Waals surface area (Å²) in [4.78, 5) is 0. The Morgan fingerprint density at radius 3 is 2.59 bits per heavy atom. The molecular weight excluding hydrogens is 374 g/mol. The third kappa shape index (κ3) is 5.68. The molecule has 0 amide bonds. The van der Waals surface area contributed by atoms with Crippen molar-refractivity contribution in [3.63, 3.8) is 0 Å². The predicted octanol–water partition coefficient (Wildman–Crippen LogP) is 5.16. The summed E-state index contributed by atoms with van der Waals surface area (Å²) in [5.74, 6) is 1.86. The first-order valence-electron chi connectivity index (χ1n) is 8.18. The lowest BCUT2D eigenvalue weighted by Crippen LogP contribution is -2.01. The van der Waals surface area contributed by atoms with Gasteiger partial charge in [0.15, 0.2) is 6.61 Å². The van der Waals surface area contributed by atoms with Crippen LogP contribution in [-0.2, 0) is 12.4 Å². The minimum Gasteiger partial charge on any atom is -0.484 e. The number of ether oxygens (including phenoxy) is 2. The Kier molecular flexibility index (Phi) is 6.28. The lowest BCUT2D eigenvalue weighted by Gasteiger charge is -2.07. The van der Waals surface area contributed by atoms with E-state index in [2.05, 4.69) is 14.9 Å². The average Bonchev–Trinajstić information content (AvgIpc) is 3.09. The molecule has 0 fully saturated rings. The third-order valence-corrected chi connectivity index (χ3v) is 4.54. The fourth-order valence-corrected chi connectivity index (χ4v) is 3.01. The molecule has 142 valence electrons. The van der Waals surface area contributed by atoms with Crippen molar-refractivity contribution in [2.24, 2.45) is 0 Å². The van der Waals surface area contributed by atoms with Crippen LogP contribution in [0.3, 0.4) is 0 Å². The van der Waals surface area contributed by atoms with Crippen LogP contribution in [0.4, 0.5) is 8.78 Å². The van der Waals surface area contributed by atoms with Crippen LogP contribution in [0.15, 0.2) is 52.1 Å². The maximum absolute atomic E-state index is 12.1. The molecule has 1 aromatic heterocycles. The molecule has 0 saturated carbocycles. The number of aromatic nitrogens is 2. The zero-order chi connectivity index (χ0) is 19.2. The summed E-state index contributed by atoms with van der Waals surface area (Å²) < 4.78 is 39.9. The van der Waals surface area contributed by atoms with E-state index < -0.39 is 6.61 Å². The van der Waals surface area contributed by atoms with Gasteiger partial charge in [-0.3, -0.25) is 0 Å². The van der Waals surface area contributed by atoms with Gasteiger partial charge in [-0.2, -0.15) is 8.78 Å². The number of benzene rings is 2. The van der Waals surface area contributed by atoms with Crippen molar-refractivity contribution in [3.05, 3.63) is 65.0 Å². The van der Waals surface area contributed by atoms with E-state index in [0.717, 1.165) is 22.4 Å². The molecule has 0 unspecified atom stereocenters. The molecular formula is C19H18F2N2O3S. The molecule has 0 saturated heterocycles. The van der Waals surface area contributed by atoms with Crippen molar-refractivity contribution in [2.45, 2.75) is 38.0 Å². The van der Waals surface area contributed by atoms with Gasteiger partial charge in [0, 0.05) is 5.75 Å². The summed E-state index contributed by atoms with van der Waals surface area (Å²) in [6, 6.07) is 12.4. The molecule has 2 aromatic carbocycles. The molecule has 0 aliphatic rings. The second-order valence-corrected chi connectivity index (χ2v) is 6.76. The van der Waals surface area contributed by atoms with Crippen molar-refractivity contribution in [1.29, 1.82) is 0 Å². The summed E-state index contributed by atoms with van der Waals surface area (Å²) in [7, 11) is 0. The molecule has 0 bridgehead atoms. The van der Waals surface area contributed by atoms with Gasteiger partial charge in [0.1, 0.15) is 11.5 Å². The quantitative estimate of drug-likeness (QED) is 0.494. The van der Waals surface area contributed by atoms with Gasteiger partial charge in [0.2, 0.25) is 0 Å². The number of hydrogen-bond acceptors (Lipinski definition) is 6. The normalized spacial score (nSPS) is 11.0. The molecule has 5 nitrogen and oxygen atoms in total. The summed E-state index contributed by atoms with van der Waals surface area (Å²) in [5.41, 5.74) is 3.07. The maximum Gasteiger partial charge on any atom is 0.387 e. The van der Waals surface area contributed by atoms with Gasteiger partial charge in [0.25, 0.3) is 11.1 Å². The summed E-state index contributed by atoms with van der Waals surface area (Å²) in [6.45, 7) is 1.34. The summed E-state index contributed by atoms with van der Waals surface area (Å²) in [5, 5.41) is 8.38. The average molecular weight is 392 g/mol. The zero-order valence-electron chi connectivity index (χ0n) is 14.8. The number of nitrogens with zero attached hydrogens (tertiary/aromatic N) is 2. The molecule has 1 heterocycles. The first-order chi connectivity index (χ1) is 13.0. The van der Waals surface area contributed by atoms with Crippen molar-refractivity contribution in [2.75, 3.05) is 0 Å². The number of thioether (sulfide) groups is 1. The number of halogens is 2. The molecule has 0 atom stereocenters. The van der Waals surface area contributed by atoms with E-state index in [1.807, 2.05) is 32.0 Å². The Balaban J connectivity index is 1.51. The highest BCUT2D eigenvalue weighted by atomic mass is 32.2. The van der Waals surface area contributed by atoms with Crippen LogP contribution in [0.25, 0.3) is 0 Å².